The van der Waals surface area contributed by atoms with Crippen LogP contribution in [0.1, 0.15) is 48.5 Å². The molecule has 1 aliphatic rings. The van der Waals surface area contributed by atoms with E-state index in [4.69, 9.17) is 0 Å². The fourth-order valence-corrected chi connectivity index (χ4v) is 3.47. The molecule has 102 valence electrons. The summed E-state index contributed by atoms with van der Waals surface area (Å²) in [6.07, 6.45) is 0. The fraction of sp³-hybridized carbons (Fsp3) is 1.00. The van der Waals surface area contributed by atoms with Crippen molar-refractivity contribution < 1.29 is 5.11 Å². The van der Waals surface area contributed by atoms with Gasteiger partial charge in [0.1, 0.15) is 0 Å². The first-order valence-corrected chi connectivity index (χ1v) is 6.65. The van der Waals surface area contributed by atoms with Crippen LogP contribution in [0.4, 0.5) is 0 Å². The molecule has 1 aliphatic heterocycles. The van der Waals surface area contributed by atoms with E-state index in [1.54, 1.807) is 0 Å². The Kier molecular flexibility index (Phi) is 3.98. The number of rotatable bonds is 1. The maximum atomic E-state index is 9.94. The number of hydrogen-bond donors (Lipinski definition) is 2. The van der Waals surface area contributed by atoms with Gasteiger partial charge in [-0.2, -0.15) is 0 Å². The van der Waals surface area contributed by atoms with Crippen LogP contribution in [0.2, 0.25) is 0 Å². The molecule has 1 heterocycles. The molecular weight excluding hydrogens is 212 g/mol. The number of nitrogens with zero attached hydrogens (tertiary/aromatic N) is 1. The maximum Gasteiger partial charge on any atom is 0.0628 e. The zero-order chi connectivity index (χ0) is 13.5. The summed E-state index contributed by atoms with van der Waals surface area (Å²) >= 11 is 0. The highest BCUT2D eigenvalue weighted by Gasteiger charge is 2.50. The third kappa shape index (κ3) is 2.83. The number of aliphatic hydroxyl groups is 1. The summed E-state index contributed by atoms with van der Waals surface area (Å²) in [7, 11) is 0. The molecule has 0 aliphatic carbocycles. The van der Waals surface area contributed by atoms with E-state index >= 15 is 0 Å². The minimum Gasteiger partial charge on any atom is -0.394 e. The molecule has 0 bridgehead atoms. The van der Waals surface area contributed by atoms with Crippen LogP contribution in [0, 0.1) is 5.41 Å². The van der Waals surface area contributed by atoms with E-state index in [-0.39, 0.29) is 23.1 Å². The minimum atomic E-state index is -0.200. The molecule has 0 radical (unpaired) electrons. The van der Waals surface area contributed by atoms with Gasteiger partial charge in [-0.1, -0.05) is 20.8 Å². The lowest BCUT2D eigenvalue weighted by Crippen LogP contribution is -2.74. The van der Waals surface area contributed by atoms with Crippen LogP contribution in [0.15, 0.2) is 0 Å². The Hall–Kier alpha value is -0.120. The van der Waals surface area contributed by atoms with Crippen molar-refractivity contribution in [3.05, 3.63) is 0 Å². The molecule has 1 rings (SSSR count). The van der Waals surface area contributed by atoms with E-state index in [2.05, 4.69) is 58.7 Å². The first-order chi connectivity index (χ1) is 7.53. The van der Waals surface area contributed by atoms with Gasteiger partial charge < -0.3 is 10.4 Å². The maximum absolute atomic E-state index is 9.94. The van der Waals surface area contributed by atoms with Gasteiger partial charge in [-0.25, -0.2) is 0 Å². The van der Waals surface area contributed by atoms with Gasteiger partial charge in [0.25, 0.3) is 0 Å². The molecule has 1 saturated heterocycles. The lowest BCUT2D eigenvalue weighted by molar-refractivity contribution is -0.0861. The molecule has 0 aromatic rings. The summed E-state index contributed by atoms with van der Waals surface area (Å²) in [5, 5.41) is 13.5. The third-order valence-corrected chi connectivity index (χ3v) is 3.92. The molecule has 0 aromatic heterocycles. The van der Waals surface area contributed by atoms with Gasteiger partial charge >= 0.3 is 0 Å². The molecule has 0 saturated carbocycles. The minimum absolute atomic E-state index is 0.0864. The highest BCUT2D eigenvalue weighted by Crippen LogP contribution is 2.37. The van der Waals surface area contributed by atoms with Crippen LogP contribution in [0.25, 0.3) is 0 Å². The summed E-state index contributed by atoms with van der Waals surface area (Å²) in [6.45, 7) is 17.8. The van der Waals surface area contributed by atoms with Crippen molar-refractivity contribution in [1.29, 1.82) is 0 Å². The first-order valence-electron chi connectivity index (χ1n) is 6.65. The molecule has 0 spiro atoms. The Balaban J connectivity index is 3.11. The second-order valence-electron chi connectivity index (χ2n) is 7.59. The molecule has 3 nitrogen and oxygen atoms in total. The third-order valence-electron chi connectivity index (χ3n) is 3.92. The van der Waals surface area contributed by atoms with Gasteiger partial charge in [0, 0.05) is 24.7 Å². The molecule has 2 atom stereocenters. The highest BCUT2D eigenvalue weighted by atomic mass is 16.3. The van der Waals surface area contributed by atoms with Gasteiger partial charge in [-0.3, -0.25) is 4.90 Å². The molecule has 3 heteroatoms. The summed E-state index contributed by atoms with van der Waals surface area (Å²) < 4.78 is 0. The van der Waals surface area contributed by atoms with Crippen molar-refractivity contribution in [2.45, 2.75) is 65.6 Å². The quantitative estimate of drug-likeness (QED) is 0.737. The van der Waals surface area contributed by atoms with Gasteiger partial charge in [-0.15, -0.1) is 0 Å². The molecule has 0 aromatic carbocycles. The Morgan fingerprint density at radius 1 is 1.24 bits per heavy atom. The van der Waals surface area contributed by atoms with Gasteiger partial charge in [0.05, 0.1) is 12.1 Å². The van der Waals surface area contributed by atoms with Crippen molar-refractivity contribution in [2.24, 2.45) is 5.41 Å². The van der Waals surface area contributed by atoms with E-state index in [0.29, 0.717) is 6.04 Å². The van der Waals surface area contributed by atoms with E-state index in [1.165, 1.54) is 0 Å². The molecule has 1 fully saturated rings. The van der Waals surface area contributed by atoms with E-state index in [0.717, 1.165) is 13.1 Å². The van der Waals surface area contributed by atoms with Crippen molar-refractivity contribution >= 4 is 0 Å². The highest BCUT2D eigenvalue weighted by molar-refractivity contribution is 5.07. The molecule has 2 unspecified atom stereocenters. The second kappa shape index (κ2) is 4.52. The number of aliphatic hydroxyl groups excluding tert-OH is 1. The van der Waals surface area contributed by atoms with Crippen LogP contribution >= 0.6 is 0 Å². The Morgan fingerprint density at radius 2 is 1.76 bits per heavy atom. The van der Waals surface area contributed by atoms with Crippen molar-refractivity contribution in [1.82, 2.24) is 10.2 Å². The van der Waals surface area contributed by atoms with Crippen LogP contribution in [0.5, 0.6) is 0 Å². The zero-order valence-electron chi connectivity index (χ0n) is 12.6. The summed E-state index contributed by atoms with van der Waals surface area (Å²) in [6, 6.07) is 0.299. The molecule has 0 amide bonds. The Bertz CT molecular complexity index is 240. The largest absolute Gasteiger partial charge is 0.394 e. The molecule has 17 heavy (non-hydrogen) atoms. The standard InChI is InChI=1S/C14H30N2O/c1-12(2,3)11-14(7,10-17)16(9-8-15-11)13(4,5)6/h11,15,17H,8-10H2,1-7H3. The van der Waals surface area contributed by atoms with E-state index in [1.807, 2.05) is 0 Å². The van der Waals surface area contributed by atoms with Crippen molar-refractivity contribution in [3.8, 4) is 0 Å². The van der Waals surface area contributed by atoms with Gasteiger partial charge in [-0.05, 0) is 33.1 Å². The average molecular weight is 242 g/mol. The first kappa shape index (κ1) is 14.9. The van der Waals surface area contributed by atoms with E-state index < -0.39 is 0 Å². The lowest BCUT2D eigenvalue weighted by Gasteiger charge is -2.58. The number of hydrogen-bond acceptors (Lipinski definition) is 3. The normalized spacial score (nSPS) is 32.8. The Morgan fingerprint density at radius 3 is 2.12 bits per heavy atom. The predicted molar refractivity (Wildman–Crippen MR) is 73.2 cm³/mol. The number of nitrogens with one attached hydrogen (secondary N) is 1. The van der Waals surface area contributed by atoms with Crippen LogP contribution < -0.4 is 5.32 Å². The lowest BCUT2D eigenvalue weighted by atomic mass is 9.72. The summed E-state index contributed by atoms with van der Waals surface area (Å²) in [5.74, 6) is 0. The van der Waals surface area contributed by atoms with Crippen molar-refractivity contribution in [3.63, 3.8) is 0 Å². The fourth-order valence-electron chi connectivity index (χ4n) is 3.47. The zero-order valence-corrected chi connectivity index (χ0v) is 12.6. The number of piperazine rings is 1. The molecule has 2 N–H and O–H groups in total. The Labute approximate surface area is 107 Å². The second-order valence-corrected chi connectivity index (χ2v) is 7.59. The van der Waals surface area contributed by atoms with Gasteiger partial charge in [0.15, 0.2) is 0 Å². The predicted octanol–water partition coefficient (Wildman–Crippen LogP) is 1.86. The van der Waals surface area contributed by atoms with Crippen molar-refractivity contribution in [2.75, 3.05) is 19.7 Å². The SMILES string of the molecule is CC(C)(C)C1NCCN(C(C)(C)C)C1(C)CO. The van der Waals surface area contributed by atoms with Crippen LogP contribution in [0.3, 0.4) is 0 Å². The topological polar surface area (TPSA) is 35.5 Å². The monoisotopic (exact) mass is 242 g/mol. The summed E-state index contributed by atoms with van der Waals surface area (Å²) in [4.78, 5) is 2.45. The van der Waals surface area contributed by atoms with Crippen LogP contribution in [-0.2, 0) is 0 Å². The average Bonchev–Trinajstić information content (AvgIpc) is 2.14. The summed E-state index contributed by atoms with van der Waals surface area (Å²) in [5.41, 5.74) is 0.0270. The molecular formula is C14H30N2O. The van der Waals surface area contributed by atoms with Gasteiger partial charge in [0.2, 0.25) is 0 Å². The van der Waals surface area contributed by atoms with Crippen LogP contribution in [-0.4, -0.2) is 46.8 Å². The van der Waals surface area contributed by atoms with E-state index in [9.17, 15) is 5.11 Å². The smallest absolute Gasteiger partial charge is 0.0628 e.